The van der Waals surface area contributed by atoms with Gasteiger partial charge in [-0.15, -0.1) is 0 Å². The molecule has 0 rings (SSSR count). The number of aliphatic hydroxyl groups excluding tert-OH is 2. The number of hydrogen-bond donors (Lipinski definition) is 2. The number of aliphatic hydroxyl groups is 2. The Morgan fingerprint density at radius 3 is 1.58 bits per heavy atom. The topological polar surface area (TPSA) is 49.7 Å². The fraction of sp³-hybridized carbons (Fsp3) is 1.00. The highest BCUT2D eigenvalue weighted by atomic mass is 32.2. The Kier molecular flexibility index (Phi) is 21.3. The van der Waals surface area contributed by atoms with Gasteiger partial charge in [0, 0.05) is 24.7 Å². The van der Waals surface area contributed by atoms with Crippen LogP contribution in [0.15, 0.2) is 0 Å². The normalized spacial score (nSPS) is 9.00. The molecule has 0 unspecified atom stereocenters. The van der Waals surface area contributed by atoms with E-state index >= 15 is 0 Å². The minimum atomic E-state index is 0.213. The lowest BCUT2D eigenvalue weighted by Gasteiger charge is -1.90. The quantitative estimate of drug-likeness (QED) is 0.615. The van der Waals surface area contributed by atoms with Crippen molar-refractivity contribution in [2.24, 2.45) is 0 Å². The molecule has 0 heterocycles. The smallest absolute Gasteiger partial charge is 0.0521 e. The number of thioether (sulfide) groups is 1. The van der Waals surface area contributed by atoms with E-state index in [1.807, 2.05) is 13.8 Å². The SMILES string of the molecule is CCOCC.OCCSCCO. The van der Waals surface area contributed by atoms with Gasteiger partial charge >= 0.3 is 0 Å². The standard InChI is InChI=1S/C4H10O2S.C4H10O/c5-1-3-7-4-2-6;1-3-5-4-2/h5-6H,1-4H2;3-4H2,1-2H3. The van der Waals surface area contributed by atoms with Crippen molar-refractivity contribution < 1.29 is 14.9 Å². The molecule has 12 heavy (non-hydrogen) atoms. The monoisotopic (exact) mass is 196 g/mol. The van der Waals surface area contributed by atoms with Gasteiger partial charge in [0.05, 0.1) is 13.2 Å². The van der Waals surface area contributed by atoms with Gasteiger partial charge in [-0.05, 0) is 13.8 Å². The molecular formula is C8H20O3S. The molecule has 0 aromatic rings. The summed E-state index contributed by atoms with van der Waals surface area (Å²) in [6.45, 7) is 6.09. The molecule has 0 atom stereocenters. The molecule has 3 nitrogen and oxygen atoms in total. The second-order valence-corrected chi connectivity index (χ2v) is 3.07. The van der Waals surface area contributed by atoms with Crippen LogP contribution in [0.4, 0.5) is 0 Å². The lowest BCUT2D eigenvalue weighted by Crippen LogP contribution is -1.91. The zero-order valence-electron chi connectivity index (χ0n) is 7.95. The van der Waals surface area contributed by atoms with Crippen LogP contribution in [0, 0.1) is 0 Å². The Morgan fingerprint density at radius 2 is 1.42 bits per heavy atom. The molecule has 0 aliphatic rings. The zero-order valence-corrected chi connectivity index (χ0v) is 8.77. The van der Waals surface area contributed by atoms with E-state index < -0.39 is 0 Å². The predicted octanol–water partition coefficient (Wildman–Crippen LogP) is 0.747. The summed E-state index contributed by atoms with van der Waals surface area (Å²) in [7, 11) is 0. The number of ether oxygens (including phenoxy) is 1. The molecule has 0 saturated heterocycles. The maximum absolute atomic E-state index is 8.19. The maximum atomic E-state index is 8.19. The van der Waals surface area contributed by atoms with E-state index in [0.717, 1.165) is 24.7 Å². The van der Waals surface area contributed by atoms with Gasteiger partial charge in [-0.3, -0.25) is 0 Å². The van der Waals surface area contributed by atoms with Gasteiger partial charge in [0.1, 0.15) is 0 Å². The summed E-state index contributed by atoms with van der Waals surface area (Å²) < 4.78 is 4.83. The van der Waals surface area contributed by atoms with Crippen LogP contribution in [0.3, 0.4) is 0 Å². The molecule has 0 aliphatic heterocycles. The molecule has 0 radical (unpaired) electrons. The average molecular weight is 196 g/mol. The van der Waals surface area contributed by atoms with Gasteiger partial charge < -0.3 is 14.9 Å². The molecule has 2 N–H and O–H groups in total. The highest BCUT2D eigenvalue weighted by molar-refractivity contribution is 7.99. The van der Waals surface area contributed by atoms with Crippen molar-refractivity contribution in [2.45, 2.75) is 13.8 Å². The van der Waals surface area contributed by atoms with Crippen molar-refractivity contribution in [1.29, 1.82) is 0 Å². The van der Waals surface area contributed by atoms with Crippen LogP contribution >= 0.6 is 11.8 Å². The molecule has 4 heteroatoms. The van der Waals surface area contributed by atoms with Gasteiger partial charge in [0.15, 0.2) is 0 Å². The van der Waals surface area contributed by atoms with Crippen LogP contribution in [0.5, 0.6) is 0 Å². The molecule has 0 fully saturated rings. The summed E-state index contributed by atoms with van der Waals surface area (Å²) in [5, 5.41) is 16.4. The lowest BCUT2D eigenvalue weighted by atomic mass is 10.8. The third-order valence-corrected chi connectivity index (χ3v) is 1.82. The van der Waals surface area contributed by atoms with Crippen LogP contribution in [-0.2, 0) is 4.74 Å². The first-order valence-electron chi connectivity index (χ1n) is 4.20. The van der Waals surface area contributed by atoms with Crippen LogP contribution in [0.25, 0.3) is 0 Å². The van der Waals surface area contributed by atoms with Gasteiger partial charge in [0.2, 0.25) is 0 Å². The molecule has 0 amide bonds. The Hall–Kier alpha value is 0.230. The Labute approximate surface area is 79.1 Å². The minimum Gasteiger partial charge on any atom is -0.396 e. The van der Waals surface area contributed by atoms with Gasteiger partial charge in [-0.25, -0.2) is 0 Å². The van der Waals surface area contributed by atoms with E-state index in [1.165, 1.54) is 0 Å². The maximum Gasteiger partial charge on any atom is 0.0521 e. The summed E-state index contributed by atoms with van der Waals surface area (Å²) in [6, 6.07) is 0. The Bertz CT molecular complexity index is 56.3. The highest BCUT2D eigenvalue weighted by Gasteiger charge is 1.81. The Morgan fingerprint density at radius 1 is 1.00 bits per heavy atom. The van der Waals surface area contributed by atoms with Crippen molar-refractivity contribution in [3.8, 4) is 0 Å². The second kappa shape index (κ2) is 17.4. The largest absolute Gasteiger partial charge is 0.396 e. The molecular weight excluding hydrogens is 176 g/mol. The predicted molar refractivity (Wildman–Crippen MR) is 53.7 cm³/mol. The molecule has 0 saturated carbocycles. The lowest BCUT2D eigenvalue weighted by molar-refractivity contribution is 0.162. The fourth-order valence-corrected chi connectivity index (χ4v) is 0.898. The van der Waals surface area contributed by atoms with Crippen LogP contribution in [0.1, 0.15) is 13.8 Å². The van der Waals surface area contributed by atoms with Crippen molar-refractivity contribution in [1.82, 2.24) is 0 Å². The summed E-state index contributed by atoms with van der Waals surface area (Å²) in [5.41, 5.74) is 0. The third kappa shape index (κ3) is 22.5. The minimum absolute atomic E-state index is 0.213. The first kappa shape index (κ1) is 14.7. The molecule has 0 aliphatic carbocycles. The third-order valence-electron chi connectivity index (χ3n) is 0.879. The fourth-order valence-electron chi connectivity index (χ4n) is 0.435. The van der Waals surface area contributed by atoms with Crippen molar-refractivity contribution in [2.75, 3.05) is 37.9 Å². The van der Waals surface area contributed by atoms with Crippen LogP contribution in [0.2, 0.25) is 0 Å². The molecule has 0 aromatic carbocycles. The van der Waals surface area contributed by atoms with E-state index in [1.54, 1.807) is 11.8 Å². The molecule has 0 spiro atoms. The summed E-state index contributed by atoms with van der Waals surface area (Å²) in [5.74, 6) is 1.47. The average Bonchev–Trinajstić information content (AvgIpc) is 2.08. The summed E-state index contributed by atoms with van der Waals surface area (Å²) >= 11 is 1.55. The molecule has 0 aromatic heterocycles. The van der Waals surface area contributed by atoms with Gasteiger partial charge in [-0.1, -0.05) is 0 Å². The van der Waals surface area contributed by atoms with Gasteiger partial charge in [-0.2, -0.15) is 11.8 Å². The second-order valence-electron chi connectivity index (χ2n) is 1.84. The molecule has 0 bridgehead atoms. The number of hydrogen-bond acceptors (Lipinski definition) is 4. The van der Waals surface area contributed by atoms with Crippen molar-refractivity contribution >= 4 is 11.8 Å². The van der Waals surface area contributed by atoms with Crippen molar-refractivity contribution in [3.63, 3.8) is 0 Å². The zero-order chi connectivity index (χ0) is 9.66. The number of rotatable bonds is 6. The van der Waals surface area contributed by atoms with E-state index in [4.69, 9.17) is 14.9 Å². The van der Waals surface area contributed by atoms with E-state index in [-0.39, 0.29) is 13.2 Å². The summed E-state index contributed by atoms with van der Waals surface area (Å²) in [6.07, 6.45) is 0. The van der Waals surface area contributed by atoms with E-state index in [2.05, 4.69) is 0 Å². The Balaban J connectivity index is 0. The first-order valence-corrected chi connectivity index (χ1v) is 5.36. The highest BCUT2D eigenvalue weighted by Crippen LogP contribution is 1.94. The van der Waals surface area contributed by atoms with Crippen LogP contribution < -0.4 is 0 Å². The summed E-state index contributed by atoms with van der Waals surface area (Å²) in [4.78, 5) is 0. The van der Waals surface area contributed by atoms with Crippen LogP contribution in [-0.4, -0.2) is 48.1 Å². The van der Waals surface area contributed by atoms with Gasteiger partial charge in [0.25, 0.3) is 0 Å². The van der Waals surface area contributed by atoms with Crippen molar-refractivity contribution in [3.05, 3.63) is 0 Å². The van der Waals surface area contributed by atoms with E-state index in [9.17, 15) is 0 Å². The van der Waals surface area contributed by atoms with E-state index in [0.29, 0.717) is 0 Å². The first-order chi connectivity index (χ1) is 5.83. The molecule has 76 valence electrons.